The Hall–Kier alpha value is -1.06. The first kappa shape index (κ1) is 12.9. The molecule has 0 amide bonds. The summed E-state index contributed by atoms with van der Waals surface area (Å²) in [6.45, 7) is 0.452. The number of carbonyl (C=O) groups is 1. The maximum atomic E-state index is 11.0. The fourth-order valence-corrected chi connectivity index (χ4v) is 1.16. The lowest BCUT2D eigenvalue weighted by atomic mass is 10.1. The summed E-state index contributed by atoms with van der Waals surface area (Å²) in [5.41, 5.74) is 7.45. The Balaban J connectivity index is 0.00000169. The van der Waals surface area contributed by atoms with Gasteiger partial charge in [-0.05, 0) is 11.1 Å². The van der Waals surface area contributed by atoms with Crippen LogP contribution in [-0.4, -0.2) is 13.1 Å². The molecule has 1 rings (SSSR count). The number of hydrogen-bond donors (Lipinski definition) is 1. The summed E-state index contributed by atoms with van der Waals surface area (Å²) in [6, 6.07) is 7.60. The largest absolute Gasteiger partial charge is 0.469 e. The summed E-state index contributed by atoms with van der Waals surface area (Å²) in [5.74, 6) is -0.235. The predicted molar refractivity (Wildman–Crippen MR) is 57.3 cm³/mol. The minimum Gasteiger partial charge on any atom is -0.469 e. The van der Waals surface area contributed by atoms with Crippen LogP contribution in [0.4, 0.5) is 0 Å². The molecule has 0 radical (unpaired) electrons. The van der Waals surface area contributed by atoms with Gasteiger partial charge in [-0.1, -0.05) is 24.3 Å². The molecule has 0 unspecified atom stereocenters. The third-order valence-electron chi connectivity index (χ3n) is 1.90. The summed E-state index contributed by atoms with van der Waals surface area (Å²) in [6.07, 6.45) is 0.296. The van der Waals surface area contributed by atoms with Crippen molar-refractivity contribution in [3.05, 3.63) is 35.4 Å². The molecule has 1 aromatic rings. The van der Waals surface area contributed by atoms with E-state index < -0.39 is 0 Å². The lowest BCUT2D eigenvalue weighted by molar-refractivity contribution is -0.139. The molecule has 0 saturated heterocycles. The van der Waals surface area contributed by atoms with Crippen molar-refractivity contribution in [3.8, 4) is 0 Å². The fourth-order valence-electron chi connectivity index (χ4n) is 1.16. The van der Waals surface area contributed by atoms with Crippen molar-refractivity contribution in [1.29, 1.82) is 0 Å². The topological polar surface area (TPSA) is 52.3 Å². The molecule has 0 fully saturated rings. The Kier molecular flexibility index (Phi) is 5.92. The van der Waals surface area contributed by atoms with Crippen LogP contribution in [0.5, 0.6) is 0 Å². The van der Waals surface area contributed by atoms with E-state index in [1.54, 1.807) is 0 Å². The molecule has 2 N–H and O–H groups in total. The van der Waals surface area contributed by atoms with Gasteiger partial charge in [-0.3, -0.25) is 4.79 Å². The quantitative estimate of drug-likeness (QED) is 0.773. The summed E-state index contributed by atoms with van der Waals surface area (Å²) in [5, 5.41) is 0. The summed E-state index contributed by atoms with van der Waals surface area (Å²) in [7, 11) is 1.38. The van der Waals surface area contributed by atoms with Gasteiger partial charge in [0.05, 0.1) is 13.5 Å². The molecular weight excluding hydrogens is 202 g/mol. The van der Waals surface area contributed by atoms with Gasteiger partial charge >= 0.3 is 5.97 Å². The van der Waals surface area contributed by atoms with Gasteiger partial charge in [0, 0.05) is 6.54 Å². The van der Waals surface area contributed by atoms with Crippen LogP contribution in [-0.2, 0) is 22.5 Å². The average Bonchev–Trinajstić information content (AvgIpc) is 2.18. The molecule has 0 heterocycles. The van der Waals surface area contributed by atoms with E-state index in [2.05, 4.69) is 4.74 Å². The van der Waals surface area contributed by atoms with Crippen LogP contribution in [0.25, 0.3) is 0 Å². The number of methoxy groups -OCH3 is 1. The molecule has 0 aliphatic carbocycles. The Morgan fingerprint density at radius 1 is 1.36 bits per heavy atom. The number of esters is 1. The standard InChI is InChI=1S/C10H13NO2.ClH/c1-13-10(12)6-8-4-2-3-5-9(8)7-11;/h2-5H,6-7,11H2,1H3;1H. The molecule has 78 valence electrons. The van der Waals surface area contributed by atoms with E-state index in [-0.39, 0.29) is 18.4 Å². The van der Waals surface area contributed by atoms with E-state index in [4.69, 9.17) is 5.73 Å². The van der Waals surface area contributed by atoms with E-state index in [0.29, 0.717) is 13.0 Å². The SMILES string of the molecule is COC(=O)Cc1ccccc1CN.Cl. The summed E-state index contributed by atoms with van der Waals surface area (Å²) < 4.78 is 4.57. The number of rotatable bonds is 3. The minimum absolute atomic E-state index is 0. The van der Waals surface area contributed by atoms with Gasteiger partial charge in [-0.25, -0.2) is 0 Å². The number of hydrogen-bond acceptors (Lipinski definition) is 3. The lowest BCUT2D eigenvalue weighted by Crippen LogP contribution is -2.08. The van der Waals surface area contributed by atoms with Crippen molar-refractivity contribution in [2.45, 2.75) is 13.0 Å². The molecule has 0 aliphatic heterocycles. The second kappa shape index (κ2) is 6.40. The van der Waals surface area contributed by atoms with Crippen LogP contribution in [0.3, 0.4) is 0 Å². The molecule has 4 heteroatoms. The highest BCUT2D eigenvalue weighted by molar-refractivity contribution is 5.85. The van der Waals surface area contributed by atoms with Gasteiger partial charge in [0.25, 0.3) is 0 Å². The van der Waals surface area contributed by atoms with Crippen molar-refractivity contribution < 1.29 is 9.53 Å². The first-order valence-corrected chi connectivity index (χ1v) is 4.11. The Morgan fingerprint density at radius 3 is 2.43 bits per heavy atom. The highest BCUT2D eigenvalue weighted by atomic mass is 35.5. The van der Waals surface area contributed by atoms with Gasteiger partial charge in [-0.2, -0.15) is 0 Å². The highest BCUT2D eigenvalue weighted by Crippen LogP contribution is 2.08. The minimum atomic E-state index is -0.235. The number of benzene rings is 1. The first-order chi connectivity index (χ1) is 6.27. The van der Waals surface area contributed by atoms with Gasteiger partial charge in [0.15, 0.2) is 0 Å². The van der Waals surface area contributed by atoms with Gasteiger partial charge < -0.3 is 10.5 Å². The van der Waals surface area contributed by atoms with Crippen LogP contribution in [0.15, 0.2) is 24.3 Å². The first-order valence-electron chi connectivity index (χ1n) is 4.11. The average molecular weight is 216 g/mol. The molecule has 3 nitrogen and oxygen atoms in total. The summed E-state index contributed by atoms with van der Waals surface area (Å²) in [4.78, 5) is 11.0. The van der Waals surface area contributed by atoms with Crippen LogP contribution in [0, 0.1) is 0 Å². The second-order valence-corrected chi connectivity index (χ2v) is 2.73. The molecule has 1 aromatic carbocycles. The Bertz CT molecular complexity index is 302. The van der Waals surface area contributed by atoms with Gasteiger partial charge in [-0.15, -0.1) is 12.4 Å². The number of halogens is 1. The zero-order chi connectivity index (χ0) is 9.68. The third kappa shape index (κ3) is 3.36. The smallest absolute Gasteiger partial charge is 0.309 e. The van der Waals surface area contributed by atoms with Crippen LogP contribution in [0.2, 0.25) is 0 Å². The van der Waals surface area contributed by atoms with Crippen molar-refractivity contribution in [3.63, 3.8) is 0 Å². The van der Waals surface area contributed by atoms with E-state index >= 15 is 0 Å². The van der Waals surface area contributed by atoms with E-state index in [1.165, 1.54) is 7.11 Å². The second-order valence-electron chi connectivity index (χ2n) is 2.73. The van der Waals surface area contributed by atoms with Crippen molar-refractivity contribution in [2.75, 3.05) is 7.11 Å². The molecule has 0 atom stereocenters. The van der Waals surface area contributed by atoms with Gasteiger partial charge in [0.2, 0.25) is 0 Å². The van der Waals surface area contributed by atoms with Crippen LogP contribution >= 0.6 is 12.4 Å². The molecule has 14 heavy (non-hydrogen) atoms. The van der Waals surface area contributed by atoms with E-state index in [1.807, 2.05) is 24.3 Å². The number of ether oxygens (including phenoxy) is 1. The van der Waals surface area contributed by atoms with Crippen LogP contribution in [0.1, 0.15) is 11.1 Å². The van der Waals surface area contributed by atoms with Crippen LogP contribution < -0.4 is 5.73 Å². The summed E-state index contributed by atoms with van der Waals surface area (Å²) >= 11 is 0. The maximum Gasteiger partial charge on any atom is 0.309 e. The zero-order valence-corrected chi connectivity index (χ0v) is 8.84. The van der Waals surface area contributed by atoms with Crippen molar-refractivity contribution in [1.82, 2.24) is 0 Å². The third-order valence-corrected chi connectivity index (χ3v) is 1.90. The number of carbonyl (C=O) groups excluding carboxylic acids is 1. The molecule has 0 spiro atoms. The Labute approximate surface area is 89.7 Å². The van der Waals surface area contributed by atoms with Crippen molar-refractivity contribution >= 4 is 18.4 Å². The van der Waals surface area contributed by atoms with Gasteiger partial charge in [0.1, 0.15) is 0 Å². The molecule has 0 bridgehead atoms. The maximum absolute atomic E-state index is 11.0. The monoisotopic (exact) mass is 215 g/mol. The highest BCUT2D eigenvalue weighted by Gasteiger charge is 2.05. The predicted octanol–water partition coefficient (Wildman–Crippen LogP) is 1.28. The molecule has 0 saturated carbocycles. The fraction of sp³-hybridized carbons (Fsp3) is 0.300. The molecular formula is C10H14ClNO2. The molecule has 0 aliphatic rings. The lowest BCUT2D eigenvalue weighted by Gasteiger charge is -2.05. The molecule has 0 aromatic heterocycles. The zero-order valence-electron chi connectivity index (χ0n) is 8.03. The van der Waals surface area contributed by atoms with Crippen molar-refractivity contribution in [2.24, 2.45) is 5.73 Å². The Morgan fingerprint density at radius 2 is 1.93 bits per heavy atom. The normalized spacial score (nSPS) is 9.00. The van der Waals surface area contributed by atoms with E-state index in [0.717, 1.165) is 11.1 Å². The number of nitrogens with two attached hydrogens (primary N) is 1. The van der Waals surface area contributed by atoms with E-state index in [9.17, 15) is 4.79 Å².